The molecule has 1 fully saturated rings. The number of alkyl halides is 2. The van der Waals surface area contributed by atoms with Crippen molar-refractivity contribution in [1.29, 1.82) is 0 Å². The summed E-state index contributed by atoms with van der Waals surface area (Å²) in [4.78, 5) is 11.9. The van der Waals surface area contributed by atoms with Gasteiger partial charge in [-0.2, -0.15) is 0 Å². The Hall–Kier alpha value is -0.770. The van der Waals surface area contributed by atoms with Crippen molar-refractivity contribution in [2.75, 3.05) is 11.9 Å². The molecule has 1 aliphatic heterocycles. The van der Waals surface area contributed by atoms with Crippen LogP contribution in [0, 0.1) is 5.92 Å². The Morgan fingerprint density at radius 3 is 2.89 bits per heavy atom. The van der Waals surface area contributed by atoms with Crippen LogP contribution in [0.25, 0.3) is 0 Å². The van der Waals surface area contributed by atoms with E-state index < -0.39 is 4.33 Å². The van der Waals surface area contributed by atoms with Crippen molar-refractivity contribution in [1.82, 2.24) is 5.32 Å². The molecule has 1 aliphatic carbocycles. The number of fused-ring (bicyclic) bond motifs is 1. The molecule has 0 spiro atoms. The number of hydrogen-bond donors (Lipinski definition) is 2. The van der Waals surface area contributed by atoms with Gasteiger partial charge in [0.25, 0.3) is 0 Å². The van der Waals surface area contributed by atoms with E-state index >= 15 is 0 Å². The Morgan fingerprint density at radius 1 is 1.39 bits per heavy atom. The largest absolute Gasteiger partial charge is 0.326 e. The SMILES string of the molecule is O=C(Nc1ccc2c(c1)CNCC2)C1CC1(Cl)Cl. The summed E-state index contributed by atoms with van der Waals surface area (Å²) < 4.78 is -0.861. The maximum atomic E-state index is 11.9. The third-order valence-electron chi connectivity index (χ3n) is 3.50. The average molecular weight is 285 g/mol. The molecule has 5 heteroatoms. The van der Waals surface area contributed by atoms with E-state index in [1.54, 1.807) is 0 Å². The van der Waals surface area contributed by atoms with E-state index in [4.69, 9.17) is 23.2 Å². The second-order valence-electron chi connectivity index (χ2n) is 4.92. The van der Waals surface area contributed by atoms with Crippen LogP contribution in [-0.4, -0.2) is 16.8 Å². The van der Waals surface area contributed by atoms with Crippen LogP contribution in [-0.2, 0) is 17.8 Å². The Bertz CT molecular complexity index is 502. The van der Waals surface area contributed by atoms with Crippen molar-refractivity contribution < 1.29 is 4.79 Å². The van der Waals surface area contributed by atoms with E-state index in [9.17, 15) is 4.79 Å². The molecule has 1 saturated carbocycles. The van der Waals surface area contributed by atoms with Gasteiger partial charge < -0.3 is 10.6 Å². The molecule has 0 aromatic heterocycles. The number of nitrogens with one attached hydrogen (secondary N) is 2. The smallest absolute Gasteiger partial charge is 0.230 e. The number of amides is 1. The molecule has 0 saturated heterocycles. The Balaban J connectivity index is 1.72. The lowest BCUT2D eigenvalue weighted by molar-refractivity contribution is -0.117. The molecule has 3 rings (SSSR count). The lowest BCUT2D eigenvalue weighted by Crippen LogP contribution is -2.24. The molecular formula is C13H14Cl2N2O. The van der Waals surface area contributed by atoms with Crippen molar-refractivity contribution in [2.24, 2.45) is 5.92 Å². The molecule has 1 aromatic rings. The molecule has 3 nitrogen and oxygen atoms in total. The number of hydrogen-bond acceptors (Lipinski definition) is 2. The minimum absolute atomic E-state index is 0.0938. The van der Waals surface area contributed by atoms with Gasteiger partial charge in [-0.05, 0) is 42.6 Å². The summed E-state index contributed by atoms with van der Waals surface area (Å²) in [6.07, 6.45) is 1.58. The molecule has 96 valence electrons. The van der Waals surface area contributed by atoms with E-state index in [1.807, 2.05) is 12.1 Å². The first-order valence-corrected chi connectivity index (χ1v) is 6.83. The van der Waals surface area contributed by atoms with Gasteiger partial charge in [-0.25, -0.2) is 0 Å². The Labute approximate surface area is 116 Å². The second-order valence-corrected chi connectivity index (χ2v) is 6.46. The molecule has 2 aliphatic rings. The fourth-order valence-corrected chi connectivity index (χ4v) is 2.79. The predicted octanol–water partition coefficient (Wildman–Crippen LogP) is 2.46. The van der Waals surface area contributed by atoms with Gasteiger partial charge in [-0.3, -0.25) is 4.79 Å². The average Bonchev–Trinajstić information content (AvgIpc) is 2.98. The molecular weight excluding hydrogens is 271 g/mol. The molecule has 1 heterocycles. The van der Waals surface area contributed by atoms with Crippen molar-refractivity contribution in [3.8, 4) is 0 Å². The number of carbonyl (C=O) groups is 1. The fourth-order valence-electron chi connectivity index (χ4n) is 2.29. The summed E-state index contributed by atoms with van der Waals surface area (Å²) in [7, 11) is 0. The normalized spacial score (nSPS) is 24.2. The van der Waals surface area contributed by atoms with Crippen LogP contribution < -0.4 is 10.6 Å². The van der Waals surface area contributed by atoms with Gasteiger partial charge in [0.2, 0.25) is 5.91 Å². The van der Waals surface area contributed by atoms with E-state index in [0.29, 0.717) is 6.42 Å². The second kappa shape index (κ2) is 4.41. The van der Waals surface area contributed by atoms with Gasteiger partial charge in [0, 0.05) is 12.2 Å². The van der Waals surface area contributed by atoms with Gasteiger partial charge in [0.05, 0.1) is 5.92 Å². The van der Waals surface area contributed by atoms with Gasteiger partial charge >= 0.3 is 0 Å². The lowest BCUT2D eigenvalue weighted by atomic mass is 10.0. The van der Waals surface area contributed by atoms with Crippen LogP contribution in [0.5, 0.6) is 0 Å². The molecule has 1 atom stereocenters. The maximum Gasteiger partial charge on any atom is 0.230 e. The van der Waals surface area contributed by atoms with Gasteiger partial charge in [-0.1, -0.05) is 6.07 Å². The van der Waals surface area contributed by atoms with Crippen LogP contribution in [0.2, 0.25) is 0 Å². The van der Waals surface area contributed by atoms with E-state index in [0.717, 1.165) is 25.2 Å². The van der Waals surface area contributed by atoms with Crippen LogP contribution in [0.15, 0.2) is 18.2 Å². The summed E-state index contributed by atoms with van der Waals surface area (Å²) in [6.45, 7) is 1.87. The molecule has 1 amide bonds. The molecule has 1 aromatic carbocycles. The van der Waals surface area contributed by atoms with Crippen LogP contribution in [0.3, 0.4) is 0 Å². The first-order valence-electron chi connectivity index (χ1n) is 6.07. The number of carbonyl (C=O) groups excluding carboxylic acids is 1. The maximum absolute atomic E-state index is 11.9. The van der Waals surface area contributed by atoms with Crippen LogP contribution in [0.1, 0.15) is 17.5 Å². The summed E-state index contributed by atoms with van der Waals surface area (Å²) in [5.74, 6) is -0.376. The number of benzene rings is 1. The third-order valence-corrected chi connectivity index (χ3v) is 4.34. The lowest BCUT2D eigenvalue weighted by Gasteiger charge is -2.18. The molecule has 1 unspecified atom stereocenters. The Kier molecular flexibility index (Phi) is 3.00. The minimum atomic E-state index is -0.861. The zero-order chi connectivity index (χ0) is 12.8. The summed E-state index contributed by atoms with van der Waals surface area (Å²) in [5, 5.41) is 6.19. The highest BCUT2D eigenvalue weighted by molar-refractivity contribution is 6.52. The topological polar surface area (TPSA) is 41.1 Å². The highest BCUT2D eigenvalue weighted by Crippen LogP contribution is 2.53. The number of anilines is 1. The van der Waals surface area contributed by atoms with Crippen molar-refractivity contribution in [2.45, 2.75) is 23.7 Å². The fraction of sp³-hybridized carbons (Fsp3) is 0.462. The van der Waals surface area contributed by atoms with Gasteiger partial charge in [-0.15, -0.1) is 23.2 Å². The number of rotatable bonds is 2. The van der Waals surface area contributed by atoms with E-state index in [2.05, 4.69) is 16.7 Å². The molecule has 0 bridgehead atoms. The first-order chi connectivity index (χ1) is 8.56. The Morgan fingerprint density at radius 2 is 2.17 bits per heavy atom. The highest BCUT2D eigenvalue weighted by Gasteiger charge is 2.56. The van der Waals surface area contributed by atoms with Gasteiger partial charge in [0.1, 0.15) is 4.33 Å². The monoisotopic (exact) mass is 284 g/mol. The summed E-state index contributed by atoms with van der Waals surface area (Å²) in [5.41, 5.74) is 3.42. The summed E-state index contributed by atoms with van der Waals surface area (Å²) in [6, 6.07) is 6.04. The van der Waals surface area contributed by atoms with Crippen LogP contribution >= 0.6 is 23.2 Å². The van der Waals surface area contributed by atoms with Crippen molar-refractivity contribution in [3.05, 3.63) is 29.3 Å². The van der Waals surface area contributed by atoms with Crippen LogP contribution in [0.4, 0.5) is 5.69 Å². The predicted molar refractivity (Wildman–Crippen MR) is 73.0 cm³/mol. The zero-order valence-corrected chi connectivity index (χ0v) is 11.3. The van der Waals surface area contributed by atoms with Crippen molar-refractivity contribution >= 4 is 34.8 Å². The zero-order valence-electron chi connectivity index (χ0n) is 9.80. The summed E-state index contributed by atoms with van der Waals surface area (Å²) >= 11 is 11.8. The van der Waals surface area contributed by atoms with E-state index in [-0.39, 0.29) is 11.8 Å². The molecule has 18 heavy (non-hydrogen) atoms. The standard InChI is InChI=1S/C13H14Cl2N2O/c14-13(15)6-11(13)12(18)17-10-2-1-8-3-4-16-7-9(8)5-10/h1-2,5,11,16H,3-4,6-7H2,(H,17,18). The quantitative estimate of drug-likeness (QED) is 0.820. The molecule has 0 radical (unpaired) electrons. The highest BCUT2D eigenvalue weighted by atomic mass is 35.5. The first kappa shape index (κ1) is 12.3. The van der Waals surface area contributed by atoms with Gasteiger partial charge in [0.15, 0.2) is 0 Å². The third kappa shape index (κ3) is 2.35. The number of halogens is 2. The van der Waals surface area contributed by atoms with Crippen molar-refractivity contribution in [3.63, 3.8) is 0 Å². The van der Waals surface area contributed by atoms with E-state index in [1.165, 1.54) is 11.1 Å². The molecule has 2 N–H and O–H groups in total. The minimum Gasteiger partial charge on any atom is -0.326 e.